The first-order valence-corrected chi connectivity index (χ1v) is 5.40. The van der Waals surface area contributed by atoms with Gasteiger partial charge in [0.25, 0.3) is 0 Å². The third-order valence-electron chi connectivity index (χ3n) is 2.37. The van der Waals surface area contributed by atoms with Gasteiger partial charge in [0.15, 0.2) is 0 Å². The highest BCUT2D eigenvalue weighted by Crippen LogP contribution is 2.20. The van der Waals surface area contributed by atoms with Gasteiger partial charge < -0.3 is 10.5 Å². The van der Waals surface area contributed by atoms with Gasteiger partial charge in [0.2, 0.25) is 5.88 Å². The smallest absolute Gasteiger partial charge is 0.234 e. The van der Waals surface area contributed by atoms with E-state index in [1.807, 2.05) is 0 Å². The van der Waals surface area contributed by atoms with Crippen LogP contribution in [-0.2, 0) is 13.3 Å². The van der Waals surface area contributed by atoms with E-state index in [9.17, 15) is 4.39 Å². The summed E-state index contributed by atoms with van der Waals surface area (Å²) in [5, 5.41) is 3.93. The van der Waals surface area contributed by atoms with Gasteiger partial charge in [-0.25, -0.2) is 8.48 Å². The topological polar surface area (TPSA) is 53.1 Å². The predicted octanol–water partition coefficient (Wildman–Crippen LogP) is 2.21. The lowest BCUT2D eigenvalue weighted by atomic mass is 10.1. The summed E-state index contributed by atoms with van der Waals surface area (Å²) < 4.78 is 19.5. The maximum Gasteiger partial charge on any atom is 0.234 e. The molecule has 0 aliphatic rings. The lowest BCUT2D eigenvalue weighted by Gasteiger charge is -2.10. The minimum Gasteiger partial charge on any atom is -0.472 e. The summed E-state index contributed by atoms with van der Waals surface area (Å²) in [6, 6.07) is 6.79. The first-order valence-electron chi connectivity index (χ1n) is 5.00. The quantitative estimate of drug-likeness (QED) is 0.649. The predicted molar refractivity (Wildman–Crippen MR) is 66.6 cm³/mol. The highest BCUT2D eigenvalue weighted by atomic mass is 32.1. The molecule has 0 atom stereocenters. The van der Waals surface area contributed by atoms with E-state index >= 15 is 0 Å². The number of aromatic nitrogens is 2. The van der Waals surface area contributed by atoms with Crippen molar-refractivity contribution in [2.75, 3.05) is 5.73 Å². The van der Waals surface area contributed by atoms with Crippen molar-refractivity contribution in [1.82, 2.24) is 9.19 Å². The van der Waals surface area contributed by atoms with Gasteiger partial charge >= 0.3 is 0 Å². The number of thiol groups is 1. The molecule has 1 aromatic carbocycles. The van der Waals surface area contributed by atoms with Crippen LogP contribution in [-0.4, -0.2) is 9.19 Å². The van der Waals surface area contributed by atoms with E-state index in [-0.39, 0.29) is 6.61 Å². The Morgan fingerprint density at radius 2 is 2.24 bits per heavy atom. The van der Waals surface area contributed by atoms with E-state index in [1.54, 1.807) is 30.5 Å². The number of nitrogen functional groups attached to an aromatic ring is 1. The van der Waals surface area contributed by atoms with E-state index in [1.165, 1.54) is 4.09 Å². The van der Waals surface area contributed by atoms with Gasteiger partial charge in [-0.05, 0) is 24.4 Å². The second-order valence-electron chi connectivity index (χ2n) is 3.48. The number of benzene rings is 1. The van der Waals surface area contributed by atoms with Crippen LogP contribution >= 0.6 is 12.8 Å². The van der Waals surface area contributed by atoms with Crippen LogP contribution in [0.3, 0.4) is 0 Å². The second-order valence-corrected chi connectivity index (χ2v) is 3.89. The van der Waals surface area contributed by atoms with Crippen LogP contribution in [0.4, 0.5) is 10.1 Å². The highest BCUT2D eigenvalue weighted by molar-refractivity contribution is 7.78. The molecule has 17 heavy (non-hydrogen) atoms. The average Bonchev–Trinajstić information content (AvgIpc) is 2.73. The van der Waals surface area contributed by atoms with Gasteiger partial charge in [-0.3, -0.25) is 0 Å². The number of ether oxygens (including phenoxy) is 1. The molecule has 0 aliphatic carbocycles. The van der Waals surface area contributed by atoms with Crippen molar-refractivity contribution in [3.8, 4) is 5.88 Å². The molecule has 1 heterocycles. The summed E-state index contributed by atoms with van der Waals surface area (Å²) in [6.45, 7) is -0.374. The Kier molecular flexibility index (Phi) is 3.53. The summed E-state index contributed by atoms with van der Waals surface area (Å²) in [6.07, 6.45) is 1.64. The zero-order valence-corrected chi connectivity index (χ0v) is 9.90. The van der Waals surface area contributed by atoms with Crippen molar-refractivity contribution in [2.45, 2.75) is 13.3 Å². The van der Waals surface area contributed by atoms with Gasteiger partial charge in [-0.15, -0.1) is 5.10 Å². The van der Waals surface area contributed by atoms with Gasteiger partial charge in [0, 0.05) is 23.5 Å². The highest BCUT2D eigenvalue weighted by Gasteiger charge is 2.07. The fourth-order valence-corrected chi connectivity index (χ4v) is 1.63. The number of halogens is 1. The van der Waals surface area contributed by atoms with Crippen LogP contribution in [0.5, 0.6) is 5.88 Å². The molecule has 2 aromatic rings. The molecular weight excluding hydrogens is 241 g/mol. The number of nitrogens with zero attached hydrogens (tertiary/aromatic N) is 2. The Bertz CT molecular complexity index is 515. The van der Waals surface area contributed by atoms with Crippen LogP contribution in [0.2, 0.25) is 0 Å². The minimum absolute atomic E-state index is 0.191. The first kappa shape index (κ1) is 11.8. The van der Waals surface area contributed by atoms with Crippen LogP contribution in [0.1, 0.15) is 11.1 Å². The number of hydrogen-bond acceptors (Lipinski definition) is 4. The number of hydrogen-bond donors (Lipinski definition) is 2. The number of anilines is 1. The van der Waals surface area contributed by atoms with Crippen LogP contribution in [0.15, 0.2) is 30.5 Å². The average molecular weight is 253 g/mol. The monoisotopic (exact) mass is 253 g/mol. The molecule has 90 valence electrons. The third-order valence-corrected chi connectivity index (χ3v) is 2.59. The Labute approximate surface area is 104 Å². The van der Waals surface area contributed by atoms with Gasteiger partial charge in [-0.2, -0.15) is 0 Å². The van der Waals surface area contributed by atoms with Crippen molar-refractivity contribution in [2.24, 2.45) is 0 Å². The zero-order valence-electron chi connectivity index (χ0n) is 9.01. The molecule has 4 nitrogen and oxygen atoms in total. The number of alkyl halides is 1. The maximum absolute atomic E-state index is 12.8. The summed E-state index contributed by atoms with van der Waals surface area (Å²) >= 11 is 3.99. The van der Waals surface area contributed by atoms with Crippen LogP contribution in [0.25, 0.3) is 0 Å². The van der Waals surface area contributed by atoms with E-state index in [0.29, 0.717) is 22.7 Å². The van der Waals surface area contributed by atoms with E-state index in [2.05, 4.69) is 17.9 Å². The standard InChI is InChI=1S/C11H12FN3OS/c12-6-8-2-1-3-10(13)9(8)7-16-11-4-5-15(17)14-11/h1-5,17H,6-7,13H2. The fourth-order valence-electron chi connectivity index (χ4n) is 1.48. The fraction of sp³-hybridized carbons (Fsp3) is 0.182. The number of nitrogens with two attached hydrogens (primary N) is 1. The summed E-state index contributed by atoms with van der Waals surface area (Å²) in [4.78, 5) is 0. The summed E-state index contributed by atoms with van der Waals surface area (Å²) in [7, 11) is 0. The largest absolute Gasteiger partial charge is 0.472 e. The van der Waals surface area contributed by atoms with Crippen LogP contribution < -0.4 is 10.5 Å². The molecule has 1 aromatic heterocycles. The van der Waals surface area contributed by atoms with Gasteiger partial charge in [-0.1, -0.05) is 12.1 Å². The summed E-state index contributed by atoms with van der Waals surface area (Å²) in [5.74, 6) is 0.424. The van der Waals surface area contributed by atoms with E-state index < -0.39 is 6.67 Å². The Morgan fingerprint density at radius 3 is 2.88 bits per heavy atom. The van der Waals surface area contributed by atoms with Gasteiger partial charge in [0.1, 0.15) is 13.3 Å². The van der Waals surface area contributed by atoms with Crippen LogP contribution in [0, 0.1) is 0 Å². The maximum atomic E-state index is 12.8. The number of rotatable bonds is 4. The van der Waals surface area contributed by atoms with Crippen molar-refractivity contribution < 1.29 is 9.13 Å². The second kappa shape index (κ2) is 5.09. The molecular formula is C11H12FN3OS. The summed E-state index contributed by atoms with van der Waals surface area (Å²) in [5.41, 5.74) is 7.49. The first-order chi connectivity index (χ1) is 8.20. The SMILES string of the molecule is Nc1cccc(CF)c1COc1ccn(S)n1. The third kappa shape index (κ3) is 2.71. The molecule has 0 amide bonds. The molecule has 0 saturated carbocycles. The Balaban J connectivity index is 2.13. The lowest BCUT2D eigenvalue weighted by molar-refractivity contribution is 0.290. The molecule has 0 radical (unpaired) electrons. The lowest BCUT2D eigenvalue weighted by Crippen LogP contribution is -2.04. The van der Waals surface area contributed by atoms with E-state index in [4.69, 9.17) is 10.5 Å². The van der Waals surface area contributed by atoms with E-state index in [0.717, 1.165) is 0 Å². The van der Waals surface area contributed by atoms with Gasteiger partial charge in [0.05, 0.1) is 0 Å². The molecule has 0 spiro atoms. The molecule has 0 saturated heterocycles. The molecule has 0 aliphatic heterocycles. The van der Waals surface area contributed by atoms with Crippen molar-refractivity contribution >= 4 is 18.5 Å². The molecule has 0 unspecified atom stereocenters. The van der Waals surface area contributed by atoms with Crippen molar-refractivity contribution in [3.63, 3.8) is 0 Å². The molecule has 0 fully saturated rings. The Morgan fingerprint density at radius 1 is 1.41 bits per heavy atom. The molecule has 6 heteroatoms. The molecule has 2 N–H and O–H groups in total. The zero-order chi connectivity index (χ0) is 12.3. The van der Waals surface area contributed by atoms with Crippen molar-refractivity contribution in [1.29, 1.82) is 0 Å². The van der Waals surface area contributed by atoms with Crippen molar-refractivity contribution in [3.05, 3.63) is 41.6 Å². The molecule has 0 bridgehead atoms. The normalized spacial score (nSPS) is 10.5. The minimum atomic E-state index is -0.565. The molecule has 2 rings (SSSR count). The Hall–Kier alpha value is -1.69.